The van der Waals surface area contributed by atoms with Crippen LogP contribution < -0.4 is 26.2 Å². The van der Waals surface area contributed by atoms with Crippen LogP contribution >= 0.6 is 0 Å². The predicted octanol–water partition coefficient (Wildman–Crippen LogP) is 3.14. The highest BCUT2D eigenvalue weighted by Gasteiger charge is 2.33. The zero-order valence-corrected chi connectivity index (χ0v) is 53.3. The molecule has 8 rings (SSSR count). The Balaban J connectivity index is 0.000000248. The third-order valence-corrected chi connectivity index (χ3v) is 13.8. The Morgan fingerprint density at radius 1 is 0.516 bits per heavy atom. The molecule has 0 bridgehead atoms. The van der Waals surface area contributed by atoms with Gasteiger partial charge in [0.05, 0.1) is 36.0 Å². The molecule has 33 heteroatoms. The maximum Gasteiger partial charge on any atom is 0.410 e. The van der Waals surface area contributed by atoms with Crippen molar-refractivity contribution >= 4 is 110 Å². The maximum atomic E-state index is 13.7. The van der Waals surface area contributed by atoms with Gasteiger partial charge in [0.15, 0.2) is 5.69 Å². The molecule has 4 heterocycles. The number of methoxy groups -OCH3 is 2. The minimum absolute atomic E-state index is 0.155. The number of carbonyl (C=O) groups is 4. The summed E-state index contributed by atoms with van der Waals surface area (Å²) in [4.78, 5) is 85.4. The standard InChI is InChI=1S/C29H36N4O6.C20H20N2O5.C9H18N2O2.B12/c1-29(2,3)39-28(36)32-16-14-31(15-17-32)26(34)24-25(21-10-6-5-7-11-21)33(27(35)30-24)22-12-8-13-23(20-22)38-19-9-18-37-4;1-26-11-6-12-27-16-10-5-9-15(13-16)22-18(14-7-3-2-4-8-14)17(19(23)24)21-20(22)25;1-9(2,3)13-8(12)11-6-4-10-5-7-11;1-8(2)11(7)12(9(3)4)10(5)6/h5-8,10-13,20H,9,14-19H2,1-4H3,(H,30,35);2-5,7-10,13H,6,11-12H2,1H3,(H,21,25)(H,23,24);10H,4-7H2,1-3H3;. The van der Waals surface area contributed by atoms with E-state index in [1.165, 1.54) is 9.13 Å². The topological polar surface area (TPSA) is 241 Å². The third kappa shape index (κ3) is 23.1. The molecule has 2 aliphatic heterocycles. The van der Waals surface area contributed by atoms with E-state index in [0.717, 1.165) is 44.6 Å². The molecule has 460 valence electrons. The fraction of sp³-hybridized carbons (Fsp3) is 0.414. The highest BCUT2D eigenvalue weighted by atomic mass is 16.6. The SMILES string of the molecule is CC(C)(C)OC(=O)N1CCNCC1.COCCCOc1cccc(-n2c(-c3ccccc3)c(C(=O)N3CCN(C(=O)OC(C)(C)C)CC3)[nH]c2=O)c1.COCCCOc1cccc(-n2c(-c3ccccc3)c(C(=O)O)[nH]c2=O)c1.[B]B([B])B([B])B(B([B])[B])B([B])[B]. The molecule has 21 nitrogen and oxygen atoms in total. The molecule has 0 spiro atoms. The molecule has 91 heavy (non-hydrogen) atoms. The normalized spacial score (nSPS) is 12.9. The van der Waals surface area contributed by atoms with Crippen molar-refractivity contribution < 1.29 is 52.7 Å². The van der Waals surface area contributed by atoms with Gasteiger partial charge in [-0.25, -0.2) is 24.0 Å². The van der Waals surface area contributed by atoms with Crippen LogP contribution in [0, 0.1) is 0 Å². The van der Waals surface area contributed by atoms with Crippen LogP contribution in [0.4, 0.5) is 9.59 Å². The lowest BCUT2D eigenvalue weighted by Gasteiger charge is -2.35. The number of ether oxygens (including phenoxy) is 6. The van der Waals surface area contributed by atoms with Gasteiger partial charge in [-0.05, 0) is 65.8 Å². The van der Waals surface area contributed by atoms with Crippen LogP contribution in [0.5, 0.6) is 11.5 Å². The largest absolute Gasteiger partial charge is 0.493 e. The van der Waals surface area contributed by atoms with Gasteiger partial charge in [0.1, 0.15) is 28.4 Å². The first-order chi connectivity index (χ1) is 43.2. The molecular weight excluding hydrogens is 1150 g/mol. The average Bonchev–Trinajstić information content (AvgIpc) is 1.75. The number of carbonyl (C=O) groups excluding carboxylic acids is 3. The number of carboxylic acids is 1. The summed E-state index contributed by atoms with van der Waals surface area (Å²) in [7, 11) is 41.2. The maximum absolute atomic E-state index is 13.7. The highest BCUT2D eigenvalue weighted by Crippen LogP contribution is 2.29. The van der Waals surface area contributed by atoms with Crippen LogP contribution in [0.25, 0.3) is 33.9 Å². The van der Waals surface area contributed by atoms with Crippen LogP contribution in [0.2, 0.25) is 0 Å². The van der Waals surface area contributed by atoms with Gasteiger partial charge >= 0.3 is 29.5 Å². The van der Waals surface area contributed by atoms with Crippen LogP contribution in [0.1, 0.15) is 75.4 Å². The average molecular weight is 1220 g/mol. The molecule has 2 saturated heterocycles. The van der Waals surface area contributed by atoms with Gasteiger partial charge in [-0.2, -0.15) is 0 Å². The number of H-pyrrole nitrogens is 2. The van der Waals surface area contributed by atoms with Crippen molar-refractivity contribution in [3.8, 4) is 45.4 Å². The zero-order chi connectivity index (χ0) is 67.0. The van der Waals surface area contributed by atoms with E-state index in [2.05, 4.69) is 15.3 Å². The van der Waals surface area contributed by atoms with Crippen LogP contribution in [0.15, 0.2) is 119 Å². The predicted molar refractivity (Wildman–Crippen MR) is 368 cm³/mol. The summed E-state index contributed by atoms with van der Waals surface area (Å²) in [6, 6.07) is 32.5. The summed E-state index contributed by atoms with van der Waals surface area (Å²) in [6.07, 6.45) is -2.35. The van der Waals surface area contributed by atoms with Crippen LogP contribution in [-0.4, -0.2) is 253 Å². The van der Waals surface area contributed by atoms with Crippen molar-refractivity contribution in [1.29, 1.82) is 0 Å². The van der Waals surface area contributed by atoms with Crippen molar-refractivity contribution in [2.75, 3.05) is 93.0 Å². The number of piperazine rings is 2. The Bertz CT molecular complexity index is 3360. The van der Waals surface area contributed by atoms with Crippen molar-refractivity contribution in [3.05, 3.63) is 142 Å². The molecule has 3 amide bonds. The van der Waals surface area contributed by atoms with E-state index in [1.54, 1.807) is 89.6 Å². The lowest BCUT2D eigenvalue weighted by Crippen LogP contribution is -2.67. The molecule has 14 radical (unpaired) electrons. The fourth-order valence-corrected chi connectivity index (χ4v) is 9.40. The number of nitrogens with zero attached hydrogens (tertiary/aromatic N) is 5. The number of aromatic carboxylic acids is 1. The van der Waals surface area contributed by atoms with Gasteiger partial charge in [0, 0.05) is 202 Å². The number of hydrogen-bond donors (Lipinski definition) is 4. The van der Waals surface area contributed by atoms with Gasteiger partial charge in [-0.3, -0.25) is 18.9 Å². The van der Waals surface area contributed by atoms with E-state index in [-0.39, 0.29) is 29.0 Å². The smallest absolute Gasteiger partial charge is 0.410 e. The van der Waals surface area contributed by atoms with Crippen molar-refractivity contribution in [3.63, 3.8) is 0 Å². The van der Waals surface area contributed by atoms with Gasteiger partial charge in [0.2, 0.25) is 0 Å². The quantitative estimate of drug-likeness (QED) is 0.0635. The summed E-state index contributed by atoms with van der Waals surface area (Å²) in [5.74, 6) is -0.299. The minimum Gasteiger partial charge on any atom is -0.493 e. The number of imidazole rings is 2. The van der Waals surface area contributed by atoms with E-state index in [4.69, 9.17) is 82.6 Å². The van der Waals surface area contributed by atoms with E-state index in [0.29, 0.717) is 92.4 Å². The number of amides is 3. The summed E-state index contributed by atoms with van der Waals surface area (Å²) in [5, 5.41) is 12.7. The third-order valence-electron chi connectivity index (χ3n) is 13.8. The Kier molecular flexibility index (Phi) is 29.4. The highest BCUT2D eigenvalue weighted by molar-refractivity contribution is 8.05. The molecule has 4 aromatic carbocycles. The lowest BCUT2D eigenvalue weighted by atomic mass is 8.53. The summed E-state index contributed by atoms with van der Waals surface area (Å²) in [6.45, 7) is 17.8. The second-order valence-corrected chi connectivity index (χ2v) is 23.3. The molecule has 0 atom stereocenters. The van der Waals surface area contributed by atoms with Gasteiger partial charge in [-0.1, -0.05) is 72.8 Å². The monoisotopic (exact) mass is 1220 g/mol. The molecule has 0 aliphatic carbocycles. The molecule has 4 N–H and O–H groups in total. The number of nitrogens with one attached hydrogen (secondary N) is 3. The van der Waals surface area contributed by atoms with E-state index < -0.39 is 61.0 Å². The van der Waals surface area contributed by atoms with E-state index >= 15 is 0 Å². The first kappa shape index (κ1) is 74.4. The van der Waals surface area contributed by atoms with Crippen molar-refractivity contribution in [2.24, 2.45) is 0 Å². The first-order valence-corrected chi connectivity index (χ1v) is 29.9. The fourth-order valence-electron chi connectivity index (χ4n) is 9.40. The molecule has 2 aliphatic rings. The Hall–Kier alpha value is -7.36. The number of aromatic amines is 2. The van der Waals surface area contributed by atoms with E-state index in [9.17, 15) is 33.9 Å². The van der Waals surface area contributed by atoms with Gasteiger partial charge < -0.3 is 58.5 Å². The first-order valence-electron chi connectivity index (χ1n) is 29.9. The lowest BCUT2D eigenvalue weighted by molar-refractivity contribution is 0.0139. The number of carboxylic acid groups (broad SMARTS) is 1. The minimum atomic E-state index is -1.20. The molecular formula is C58H74B12N8O13. The molecule has 0 unspecified atom stereocenters. The summed E-state index contributed by atoms with van der Waals surface area (Å²) >= 11 is 0. The van der Waals surface area contributed by atoms with E-state index in [1.807, 2.05) is 90.1 Å². The second-order valence-electron chi connectivity index (χ2n) is 23.3. The zero-order valence-electron chi connectivity index (χ0n) is 53.3. The number of rotatable bonds is 20. The van der Waals surface area contributed by atoms with Crippen LogP contribution in [-0.2, 0) is 18.9 Å². The number of hydrogen-bond acceptors (Lipinski definition) is 13. The summed E-state index contributed by atoms with van der Waals surface area (Å²) < 4.78 is 35.1. The Morgan fingerprint density at radius 2 is 0.912 bits per heavy atom. The number of aromatic nitrogens is 4. The number of benzene rings is 4. The van der Waals surface area contributed by atoms with Gasteiger partial charge in [0.25, 0.3) is 5.91 Å². The Labute approximate surface area is 544 Å². The second kappa shape index (κ2) is 36.0. The Morgan fingerprint density at radius 3 is 1.29 bits per heavy atom. The van der Waals surface area contributed by atoms with Crippen molar-refractivity contribution in [2.45, 2.75) is 65.6 Å². The van der Waals surface area contributed by atoms with Crippen LogP contribution in [0.3, 0.4) is 0 Å². The molecule has 2 fully saturated rings. The van der Waals surface area contributed by atoms with Crippen molar-refractivity contribution in [1.82, 2.24) is 39.1 Å². The van der Waals surface area contributed by atoms with Gasteiger partial charge in [-0.15, -0.1) is 0 Å². The summed E-state index contributed by atoms with van der Waals surface area (Å²) in [5.41, 5.74) is 1.31. The molecule has 6 aromatic rings. The molecule has 2 aromatic heterocycles. The molecule has 0 saturated carbocycles.